The number of hydrogen-bond acceptors (Lipinski definition) is 4. The van der Waals surface area contributed by atoms with Crippen molar-refractivity contribution in [2.24, 2.45) is 0 Å². The van der Waals surface area contributed by atoms with Crippen LogP contribution < -0.4 is 14.4 Å². The molecule has 0 saturated heterocycles. The number of halogens is 1. The number of benzene rings is 2. The van der Waals surface area contributed by atoms with E-state index >= 15 is 0 Å². The van der Waals surface area contributed by atoms with E-state index in [1.54, 1.807) is 25.2 Å². The van der Waals surface area contributed by atoms with E-state index in [0.29, 0.717) is 28.8 Å². The lowest BCUT2D eigenvalue weighted by Gasteiger charge is -2.21. The number of hydrogen-bond donors (Lipinski definition) is 0. The number of carbonyl (C=O) groups excluding carboxylic acids is 1. The number of fused-ring (bicyclic) bond motifs is 1. The smallest absolute Gasteiger partial charge is 0.260 e. The summed E-state index contributed by atoms with van der Waals surface area (Å²) in [6, 6.07) is 11.1. The van der Waals surface area contributed by atoms with Gasteiger partial charge in [-0.1, -0.05) is 23.7 Å². The molecule has 3 rings (SSSR count). The Bertz CT molecular complexity index is 877. The summed E-state index contributed by atoms with van der Waals surface area (Å²) in [4.78, 5) is 16.7. The second-order valence-electron chi connectivity index (χ2n) is 6.29. The third-order valence-electron chi connectivity index (χ3n) is 4.16. The van der Waals surface area contributed by atoms with E-state index < -0.39 is 0 Å². The number of methoxy groups -OCH3 is 2. The van der Waals surface area contributed by atoms with E-state index in [2.05, 4.69) is 0 Å². The lowest BCUT2D eigenvalue weighted by atomic mass is 10.0. The molecule has 0 N–H and O–H groups in total. The van der Waals surface area contributed by atoms with Gasteiger partial charge < -0.3 is 9.47 Å². The first-order valence-electron chi connectivity index (χ1n) is 8.15. The Morgan fingerprint density at radius 3 is 2.46 bits per heavy atom. The summed E-state index contributed by atoms with van der Waals surface area (Å²) in [7, 11) is 7.03. The molecule has 0 fully saturated rings. The molecule has 0 atom stereocenters. The number of nitrogens with zero attached hydrogens (tertiary/aromatic N) is 2. The van der Waals surface area contributed by atoms with Crippen LogP contribution in [0.4, 0.5) is 5.69 Å². The molecule has 1 aliphatic rings. The molecule has 26 heavy (non-hydrogen) atoms. The Hall–Kier alpha value is -2.50. The predicted molar refractivity (Wildman–Crippen MR) is 105 cm³/mol. The van der Waals surface area contributed by atoms with Crippen molar-refractivity contribution in [3.05, 3.63) is 52.5 Å². The molecule has 0 radical (unpaired) electrons. The Kier molecular flexibility index (Phi) is 5.20. The predicted octanol–water partition coefficient (Wildman–Crippen LogP) is 3.76. The SMILES string of the molecule is COc1ccc(/C=C2\C(=O)N(CN(C)C)c3cc(Cl)ccc32)cc1OC. The van der Waals surface area contributed by atoms with E-state index in [9.17, 15) is 4.79 Å². The molecule has 2 aromatic carbocycles. The highest BCUT2D eigenvalue weighted by Crippen LogP contribution is 2.40. The van der Waals surface area contributed by atoms with Crippen molar-refractivity contribution in [1.82, 2.24) is 4.90 Å². The highest BCUT2D eigenvalue weighted by atomic mass is 35.5. The van der Waals surface area contributed by atoms with Crippen LogP contribution in [-0.4, -0.2) is 45.8 Å². The summed E-state index contributed by atoms with van der Waals surface area (Å²) >= 11 is 6.15. The Labute approximate surface area is 158 Å². The van der Waals surface area contributed by atoms with Crippen LogP contribution >= 0.6 is 11.6 Å². The van der Waals surface area contributed by atoms with E-state index in [1.807, 2.05) is 55.4 Å². The maximum atomic E-state index is 13.0. The van der Waals surface area contributed by atoms with Gasteiger partial charge in [0.2, 0.25) is 0 Å². The molecule has 0 unspecified atom stereocenters. The Balaban J connectivity index is 2.08. The van der Waals surface area contributed by atoms with Gasteiger partial charge in [-0.25, -0.2) is 0 Å². The summed E-state index contributed by atoms with van der Waals surface area (Å²) in [6.45, 7) is 0.482. The number of ether oxygens (including phenoxy) is 2. The van der Waals surface area contributed by atoms with Crippen molar-refractivity contribution < 1.29 is 14.3 Å². The van der Waals surface area contributed by atoms with Crippen LogP contribution in [-0.2, 0) is 4.79 Å². The topological polar surface area (TPSA) is 42.0 Å². The number of carbonyl (C=O) groups is 1. The van der Waals surface area contributed by atoms with Gasteiger partial charge in [0, 0.05) is 16.2 Å². The minimum absolute atomic E-state index is 0.0502. The minimum Gasteiger partial charge on any atom is -0.493 e. The summed E-state index contributed by atoms with van der Waals surface area (Å²) in [6.07, 6.45) is 1.87. The quantitative estimate of drug-likeness (QED) is 0.749. The summed E-state index contributed by atoms with van der Waals surface area (Å²) in [5.41, 5.74) is 3.18. The average Bonchev–Trinajstić information content (AvgIpc) is 2.86. The lowest BCUT2D eigenvalue weighted by molar-refractivity contribution is -0.113. The standard InChI is InChI=1S/C20H21ClN2O3/c1-22(2)12-23-17-11-14(21)6-7-15(17)16(20(23)24)9-13-5-8-18(25-3)19(10-13)26-4/h5-11H,12H2,1-4H3/b16-9-. The monoisotopic (exact) mass is 372 g/mol. The normalized spacial score (nSPS) is 14.9. The number of anilines is 1. The molecule has 1 heterocycles. The van der Waals surface area contributed by atoms with E-state index in [-0.39, 0.29) is 5.91 Å². The van der Waals surface area contributed by atoms with Crippen LogP contribution in [0.3, 0.4) is 0 Å². The Morgan fingerprint density at radius 1 is 1.08 bits per heavy atom. The maximum absolute atomic E-state index is 13.0. The van der Waals surface area contributed by atoms with Crippen LogP contribution in [0, 0.1) is 0 Å². The maximum Gasteiger partial charge on any atom is 0.260 e. The van der Waals surface area contributed by atoms with Crippen LogP contribution in [0.5, 0.6) is 11.5 Å². The first-order valence-corrected chi connectivity index (χ1v) is 8.52. The summed E-state index contributed by atoms with van der Waals surface area (Å²) in [5, 5.41) is 0.604. The summed E-state index contributed by atoms with van der Waals surface area (Å²) in [5.74, 6) is 1.22. The van der Waals surface area contributed by atoms with E-state index in [4.69, 9.17) is 21.1 Å². The molecule has 0 aliphatic carbocycles. The van der Waals surface area contributed by atoms with Gasteiger partial charge in [-0.3, -0.25) is 14.6 Å². The number of amides is 1. The van der Waals surface area contributed by atoms with Crippen molar-refractivity contribution in [1.29, 1.82) is 0 Å². The largest absolute Gasteiger partial charge is 0.493 e. The lowest BCUT2D eigenvalue weighted by Crippen LogP contribution is -2.35. The molecule has 5 nitrogen and oxygen atoms in total. The van der Waals surface area contributed by atoms with Gasteiger partial charge in [0.25, 0.3) is 5.91 Å². The van der Waals surface area contributed by atoms with E-state index in [0.717, 1.165) is 16.8 Å². The van der Waals surface area contributed by atoms with Gasteiger partial charge in [0.15, 0.2) is 11.5 Å². The molecule has 1 aliphatic heterocycles. The highest BCUT2D eigenvalue weighted by molar-refractivity contribution is 6.37. The van der Waals surface area contributed by atoms with Crippen LogP contribution in [0.15, 0.2) is 36.4 Å². The van der Waals surface area contributed by atoms with E-state index in [1.165, 1.54) is 0 Å². The molecule has 1 amide bonds. The average molecular weight is 373 g/mol. The van der Waals surface area contributed by atoms with Crippen LogP contribution in [0.2, 0.25) is 5.02 Å². The van der Waals surface area contributed by atoms with Crippen molar-refractivity contribution in [2.75, 3.05) is 39.9 Å². The third-order valence-corrected chi connectivity index (χ3v) is 4.39. The minimum atomic E-state index is -0.0502. The fraction of sp³-hybridized carbons (Fsp3) is 0.250. The van der Waals surface area contributed by atoms with Crippen molar-refractivity contribution in [2.45, 2.75) is 0 Å². The fourth-order valence-corrected chi connectivity index (χ4v) is 3.16. The molecule has 0 spiro atoms. The fourth-order valence-electron chi connectivity index (χ4n) is 3.00. The number of rotatable bonds is 5. The molecule has 0 bridgehead atoms. The van der Waals surface area contributed by atoms with Crippen molar-refractivity contribution in [3.8, 4) is 11.5 Å². The third kappa shape index (κ3) is 3.41. The van der Waals surface area contributed by atoms with Gasteiger partial charge in [0.1, 0.15) is 0 Å². The molecule has 6 heteroatoms. The molecule has 0 saturated carbocycles. The summed E-state index contributed by atoms with van der Waals surface area (Å²) < 4.78 is 10.6. The molecule has 136 valence electrons. The molecular formula is C20H21ClN2O3. The van der Waals surface area contributed by atoms with Gasteiger partial charge in [-0.15, -0.1) is 0 Å². The van der Waals surface area contributed by atoms with Crippen LogP contribution in [0.1, 0.15) is 11.1 Å². The van der Waals surface area contributed by atoms with Gasteiger partial charge in [-0.2, -0.15) is 0 Å². The second kappa shape index (κ2) is 7.40. The Morgan fingerprint density at radius 2 is 1.81 bits per heavy atom. The van der Waals surface area contributed by atoms with Gasteiger partial charge in [-0.05, 0) is 50.0 Å². The zero-order valence-electron chi connectivity index (χ0n) is 15.2. The van der Waals surface area contributed by atoms with Gasteiger partial charge >= 0.3 is 0 Å². The highest BCUT2D eigenvalue weighted by Gasteiger charge is 2.32. The zero-order valence-corrected chi connectivity index (χ0v) is 16.0. The second-order valence-corrected chi connectivity index (χ2v) is 6.72. The zero-order chi connectivity index (χ0) is 18.8. The van der Waals surface area contributed by atoms with Crippen molar-refractivity contribution >= 4 is 34.8 Å². The van der Waals surface area contributed by atoms with Crippen molar-refractivity contribution in [3.63, 3.8) is 0 Å². The first kappa shape index (κ1) is 18.3. The molecular weight excluding hydrogens is 352 g/mol. The van der Waals surface area contributed by atoms with Gasteiger partial charge in [0.05, 0.1) is 26.6 Å². The molecule has 0 aromatic heterocycles. The van der Waals surface area contributed by atoms with Crippen LogP contribution in [0.25, 0.3) is 11.6 Å². The molecule has 2 aromatic rings. The first-order chi connectivity index (χ1) is 12.4.